The number of non-ortho nitro benzene ring substituents is 1. The Morgan fingerprint density at radius 2 is 1.82 bits per heavy atom. The van der Waals surface area contributed by atoms with Gasteiger partial charge >= 0.3 is 0 Å². The molecule has 1 aromatic carbocycles. The van der Waals surface area contributed by atoms with E-state index in [1.54, 1.807) is 0 Å². The number of methoxy groups -OCH3 is 1. The van der Waals surface area contributed by atoms with Crippen molar-refractivity contribution in [3.63, 3.8) is 0 Å². The van der Waals surface area contributed by atoms with Gasteiger partial charge in [0.05, 0.1) is 23.5 Å². The van der Waals surface area contributed by atoms with Gasteiger partial charge in [-0.05, 0) is 70.3 Å². The Morgan fingerprint density at radius 1 is 1.21 bits per heavy atom. The molecule has 0 aromatic heterocycles. The molecule has 0 heterocycles. The van der Waals surface area contributed by atoms with E-state index >= 15 is 0 Å². The molecule has 4 aliphatic carbocycles. The van der Waals surface area contributed by atoms with Gasteiger partial charge in [-0.2, -0.15) is 4.72 Å². The quantitative estimate of drug-likeness (QED) is 0.364. The summed E-state index contributed by atoms with van der Waals surface area (Å²) in [6, 6.07) is 3.15. The summed E-state index contributed by atoms with van der Waals surface area (Å²) in [5.74, 6) is -0.442. The van der Waals surface area contributed by atoms with Gasteiger partial charge in [0, 0.05) is 11.6 Å². The van der Waals surface area contributed by atoms with Gasteiger partial charge in [-0.25, -0.2) is 8.42 Å². The second kappa shape index (κ2) is 7.91. The molecule has 11 nitrogen and oxygen atoms in total. The number of rotatable bonds is 8. The van der Waals surface area contributed by atoms with Crippen molar-refractivity contribution in [2.24, 2.45) is 23.0 Å². The third-order valence-electron chi connectivity index (χ3n) is 7.57. The molecule has 1 aromatic rings. The molecular formula is C22H30N4O7S. The van der Waals surface area contributed by atoms with E-state index in [0.717, 1.165) is 50.3 Å². The second-order valence-electron chi connectivity index (χ2n) is 10.7. The molecule has 4 bridgehead atoms. The summed E-state index contributed by atoms with van der Waals surface area (Å²) in [6.07, 6.45) is 4.45. The molecule has 0 aliphatic heterocycles. The second-order valence-corrected chi connectivity index (χ2v) is 12.3. The topological polar surface area (TPSA) is 171 Å². The van der Waals surface area contributed by atoms with Gasteiger partial charge in [-0.15, -0.1) is 0 Å². The number of nitrogens with two attached hydrogens (primary N) is 1. The number of carbonyl (C=O) groups excluding carboxylic acids is 2. The van der Waals surface area contributed by atoms with Gasteiger partial charge in [-0.1, -0.05) is 0 Å². The Hall–Kier alpha value is -2.73. The number of nitro benzene ring substituents is 1. The maximum absolute atomic E-state index is 13.4. The van der Waals surface area contributed by atoms with Crippen LogP contribution in [0.25, 0.3) is 0 Å². The van der Waals surface area contributed by atoms with Crippen LogP contribution >= 0.6 is 0 Å². The van der Waals surface area contributed by atoms with E-state index in [1.165, 1.54) is 21.0 Å². The highest BCUT2D eigenvalue weighted by atomic mass is 32.2. The van der Waals surface area contributed by atoms with Gasteiger partial charge in [0.2, 0.25) is 21.8 Å². The Balaban J connectivity index is 1.55. The van der Waals surface area contributed by atoms with Crippen LogP contribution in [0.15, 0.2) is 23.1 Å². The van der Waals surface area contributed by atoms with Crippen molar-refractivity contribution < 1.29 is 27.7 Å². The van der Waals surface area contributed by atoms with Crippen molar-refractivity contribution in [1.29, 1.82) is 0 Å². The fourth-order valence-electron chi connectivity index (χ4n) is 6.52. The van der Waals surface area contributed by atoms with Crippen LogP contribution < -0.4 is 20.5 Å². The van der Waals surface area contributed by atoms with Crippen molar-refractivity contribution in [1.82, 2.24) is 10.0 Å². The molecule has 12 heteroatoms. The normalized spacial score (nSPS) is 30.1. The summed E-state index contributed by atoms with van der Waals surface area (Å²) in [4.78, 5) is 35.7. The van der Waals surface area contributed by atoms with Crippen LogP contribution in [-0.4, -0.2) is 43.3 Å². The zero-order chi connectivity index (χ0) is 25.1. The first-order valence-corrected chi connectivity index (χ1v) is 12.7. The van der Waals surface area contributed by atoms with E-state index in [-0.39, 0.29) is 22.2 Å². The summed E-state index contributed by atoms with van der Waals surface area (Å²) in [5, 5.41) is 14.1. The van der Waals surface area contributed by atoms with Crippen molar-refractivity contribution in [2.75, 3.05) is 7.11 Å². The third kappa shape index (κ3) is 4.13. The number of nitrogens with zero attached hydrogens (tertiary/aromatic N) is 1. The van der Waals surface area contributed by atoms with Crippen LogP contribution in [0.5, 0.6) is 5.75 Å². The number of ether oxygens (including phenoxy) is 1. The van der Waals surface area contributed by atoms with Gasteiger partial charge in [0.25, 0.3) is 5.69 Å². The highest BCUT2D eigenvalue weighted by Crippen LogP contribution is 2.61. The van der Waals surface area contributed by atoms with E-state index in [1.807, 2.05) is 0 Å². The summed E-state index contributed by atoms with van der Waals surface area (Å²) in [7, 11) is -3.07. The number of nitro groups is 1. The molecule has 0 saturated heterocycles. The number of carbonyl (C=O) groups is 2. The number of benzene rings is 1. The minimum Gasteiger partial charge on any atom is -0.495 e. The molecule has 0 spiro atoms. The SMILES string of the molecule is COc1cc([N+](=O)[O-])ccc1S(=O)(=O)NC(C)(C)C(=O)NC12CC3CC(C1)CC(C(N)=O)(C3)C2. The van der Waals surface area contributed by atoms with E-state index < -0.39 is 37.3 Å². The minimum absolute atomic E-state index is 0.206. The molecule has 4 aliphatic rings. The highest BCUT2D eigenvalue weighted by molar-refractivity contribution is 7.89. The molecule has 186 valence electrons. The molecule has 0 radical (unpaired) electrons. The Kier molecular flexibility index (Phi) is 5.67. The molecule has 5 rings (SSSR count). The summed E-state index contributed by atoms with van der Waals surface area (Å²) >= 11 is 0. The van der Waals surface area contributed by atoms with E-state index in [4.69, 9.17) is 10.5 Å². The Bertz CT molecular complexity index is 1150. The average Bonchev–Trinajstić information content (AvgIpc) is 2.71. The number of sulfonamides is 1. The van der Waals surface area contributed by atoms with Crippen LogP contribution in [0.4, 0.5) is 5.69 Å². The van der Waals surface area contributed by atoms with Crippen molar-refractivity contribution in [3.8, 4) is 5.75 Å². The molecule has 34 heavy (non-hydrogen) atoms. The maximum atomic E-state index is 13.4. The van der Waals surface area contributed by atoms with Crippen LogP contribution in [0.2, 0.25) is 0 Å². The first-order valence-electron chi connectivity index (χ1n) is 11.2. The molecule has 4 fully saturated rings. The third-order valence-corrected chi connectivity index (χ3v) is 9.26. The summed E-state index contributed by atoms with van der Waals surface area (Å²) in [5.41, 5.74) is 2.69. The lowest BCUT2D eigenvalue weighted by Crippen LogP contribution is -2.68. The van der Waals surface area contributed by atoms with Gasteiger partial charge in [-0.3, -0.25) is 19.7 Å². The maximum Gasteiger partial charge on any atom is 0.273 e. The number of amides is 2. The van der Waals surface area contributed by atoms with E-state index in [0.29, 0.717) is 18.3 Å². The van der Waals surface area contributed by atoms with E-state index in [9.17, 15) is 28.1 Å². The van der Waals surface area contributed by atoms with Crippen molar-refractivity contribution in [3.05, 3.63) is 28.3 Å². The fraction of sp³-hybridized carbons (Fsp3) is 0.636. The van der Waals surface area contributed by atoms with Gasteiger partial charge < -0.3 is 15.8 Å². The van der Waals surface area contributed by atoms with Crippen LogP contribution in [0, 0.1) is 27.4 Å². The van der Waals surface area contributed by atoms with Crippen molar-refractivity contribution >= 4 is 27.5 Å². The largest absolute Gasteiger partial charge is 0.495 e. The monoisotopic (exact) mass is 494 g/mol. The summed E-state index contributed by atoms with van der Waals surface area (Å²) in [6.45, 7) is 2.89. The number of hydrogen-bond donors (Lipinski definition) is 3. The average molecular weight is 495 g/mol. The molecule has 4 N–H and O–H groups in total. The number of nitrogens with one attached hydrogen (secondary N) is 2. The molecule has 2 atom stereocenters. The van der Waals surface area contributed by atoms with Crippen LogP contribution in [0.1, 0.15) is 52.4 Å². The first-order chi connectivity index (χ1) is 15.7. The molecule has 2 amide bonds. The Labute approximate surface area is 198 Å². The predicted octanol–water partition coefficient (Wildman–Crippen LogP) is 1.60. The van der Waals surface area contributed by atoms with Gasteiger partial charge in [0.1, 0.15) is 16.2 Å². The van der Waals surface area contributed by atoms with Gasteiger partial charge in [0.15, 0.2) is 0 Å². The molecule has 2 unspecified atom stereocenters. The van der Waals surface area contributed by atoms with Crippen LogP contribution in [0.3, 0.4) is 0 Å². The number of primary amides is 1. The molecule has 4 saturated carbocycles. The standard InChI is InChI=1S/C22H30N4O7S/c1-20(2,25-34(31,32)17-5-4-15(26(29)30)7-16(17)33-3)19(28)24-22-10-13-6-14(11-22)9-21(8-13,12-22)18(23)27/h4-5,7,13-14,25H,6,8-12H2,1-3H3,(H2,23,27)(H,24,28). The lowest BCUT2D eigenvalue weighted by atomic mass is 9.46. The smallest absolute Gasteiger partial charge is 0.273 e. The lowest BCUT2D eigenvalue weighted by molar-refractivity contribution is -0.385. The lowest BCUT2D eigenvalue weighted by Gasteiger charge is -2.61. The summed E-state index contributed by atoms with van der Waals surface area (Å²) < 4.78 is 33.7. The zero-order valence-electron chi connectivity index (χ0n) is 19.4. The zero-order valence-corrected chi connectivity index (χ0v) is 20.2. The molecular weight excluding hydrogens is 464 g/mol. The first kappa shape index (κ1) is 24.4. The fourth-order valence-corrected chi connectivity index (χ4v) is 8.05. The van der Waals surface area contributed by atoms with Crippen molar-refractivity contribution in [2.45, 2.75) is 68.3 Å². The number of hydrogen-bond acceptors (Lipinski definition) is 7. The minimum atomic E-state index is -4.27. The van der Waals surface area contributed by atoms with Crippen LogP contribution in [-0.2, 0) is 19.6 Å². The Morgan fingerprint density at radius 3 is 2.35 bits per heavy atom. The highest BCUT2D eigenvalue weighted by Gasteiger charge is 2.61. The van der Waals surface area contributed by atoms with E-state index in [2.05, 4.69) is 10.0 Å². The predicted molar refractivity (Wildman–Crippen MR) is 121 cm³/mol.